The van der Waals surface area contributed by atoms with Crippen molar-refractivity contribution in [1.82, 2.24) is 9.97 Å². The Kier molecular flexibility index (Phi) is 10.8. The van der Waals surface area contributed by atoms with E-state index in [9.17, 15) is 10.2 Å². The normalized spacial score (nSPS) is 25.9. The Balaban J connectivity index is 0.981. The second-order valence-electron chi connectivity index (χ2n) is 20.5. The number of benzene rings is 4. The summed E-state index contributed by atoms with van der Waals surface area (Å²) in [5, 5.41) is 22.3. The minimum absolute atomic E-state index is 0.209. The first kappa shape index (κ1) is 39.5. The first-order chi connectivity index (χ1) is 29.2. The van der Waals surface area contributed by atoms with Crippen molar-refractivity contribution in [3.8, 4) is 45.5 Å². The SMILES string of the molecule is CC1(Cc2cc(-c3ccccc3O)c3nc(-c4nc5c(-c6ccccc6O)cc(CC6(C)CCC(C7CCCCC7)CC6)cc5o4)oc3c2)CCC(C2CCCCC2)CC1. The summed E-state index contributed by atoms with van der Waals surface area (Å²) in [6.45, 7) is 4.94. The summed E-state index contributed by atoms with van der Waals surface area (Å²) in [4.78, 5) is 10.1. The van der Waals surface area contributed by atoms with E-state index in [2.05, 4.69) is 38.1 Å². The standard InChI is InChI=1S/C54H64N2O4/c1-53(25-21-39(22-26-53)37-13-5-3-6-14-37)33-35-29-43(41-17-9-11-19-45(41)57)49-47(31-35)59-51(55-49)52-56-50-44(42-18-10-12-20-46(42)58)30-36(32-48(50)60-52)34-54(2)27-23-40(24-28-54)38-15-7-4-8-16-38/h9-12,17-20,29-32,37-40,57-58H,3-8,13-16,21-28,33-34H2,1-2H3. The summed E-state index contributed by atoms with van der Waals surface area (Å²) in [7, 11) is 0. The molecular weight excluding hydrogens is 741 g/mol. The number of aromatic nitrogens is 2. The monoisotopic (exact) mass is 804 g/mol. The van der Waals surface area contributed by atoms with Gasteiger partial charge < -0.3 is 19.0 Å². The molecule has 0 radical (unpaired) electrons. The van der Waals surface area contributed by atoms with Crippen LogP contribution in [0.5, 0.6) is 11.5 Å². The zero-order chi connectivity index (χ0) is 40.8. The zero-order valence-corrected chi connectivity index (χ0v) is 36.0. The fourth-order valence-electron chi connectivity index (χ4n) is 12.5. The van der Waals surface area contributed by atoms with Crippen LogP contribution in [-0.4, -0.2) is 20.2 Å². The molecule has 6 aromatic rings. The van der Waals surface area contributed by atoms with Gasteiger partial charge in [0.2, 0.25) is 0 Å². The van der Waals surface area contributed by atoms with Crippen LogP contribution in [0.15, 0.2) is 81.6 Å². The minimum atomic E-state index is 0.209. The maximum atomic E-state index is 11.1. The number of para-hydroxylation sites is 2. The van der Waals surface area contributed by atoms with Crippen molar-refractivity contribution >= 4 is 22.2 Å². The lowest BCUT2D eigenvalue weighted by Gasteiger charge is -2.41. The molecule has 4 aromatic carbocycles. The lowest BCUT2D eigenvalue weighted by atomic mass is 9.64. The number of phenols is 2. The van der Waals surface area contributed by atoms with Gasteiger partial charge in [-0.2, -0.15) is 0 Å². The van der Waals surface area contributed by atoms with Crippen LogP contribution in [-0.2, 0) is 12.8 Å². The fourth-order valence-corrected chi connectivity index (χ4v) is 12.5. The topological polar surface area (TPSA) is 92.5 Å². The number of oxazole rings is 2. The van der Waals surface area contributed by atoms with Gasteiger partial charge in [-0.25, -0.2) is 9.97 Å². The van der Waals surface area contributed by atoms with Crippen LogP contribution in [0, 0.1) is 34.5 Å². The Morgan fingerprint density at radius 3 is 1.23 bits per heavy atom. The third-order valence-corrected chi connectivity index (χ3v) is 16.1. The Morgan fingerprint density at radius 1 is 0.483 bits per heavy atom. The molecule has 0 amide bonds. The molecule has 314 valence electrons. The molecule has 6 nitrogen and oxygen atoms in total. The lowest BCUT2D eigenvalue weighted by Crippen LogP contribution is -2.30. The van der Waals surface area contributed by atoms with Gasteiger partial charge in [0, 0.05) is 22.3 Å². The number of aromatic hydroxyl groups is 2. The smallest absolute Gasteiger partial charge is 0.284 e. The second-order valence-corrected chi connectivity index (χ2v) is 20.5. The first-order valence-corrected chi connectivity index (χ1v) is 23.6. The highest BCUT2D eigenvalue weighted by Crippen LogP contribution is 2.49. The van der Waals surface area contributed by atoms with Gasteiger partial charge in [-0.3, -0.25) is 0 Å². The molecule has 60 heavy (non-hydrogen) atoms. The summed E-state index contributed by atoms with van der Waals surface area (Å²) in [5.41, 5.74) is 8.71. The zero-order valence-electron chi connectivity index (χ0n) is 36.0. The third kappa shape index (κ3) is 8.00. The van der Waals surface area contributed by atoms with E-state index in [1.165, 1.54) is 127 Å². The molecule has 0 saturated heterocycles. The number of fused-ring (bicyclic) bond motifs is 2. The minimum Gasteiger partial charge on any atom is -0.507 e. The largest absolute Gasteiger partial charge is 0.507 e. The molecule has 4 aliphatic carbocycles. The summed E-state index contributed by atoms with van der Waals surface area (Å²) in [6, 6.07) is 23.8. The molecule has 4 aliphatic rings. The fraction of sp³-hybridized carbons (Fsp3) is 0.519. The Hall–Kier alpha value is -4.58. The van der Waals surface area contributed by atoms with Crippen molar-refractivity contribution in [2.75, 3.05) is 0 Å². The quantitative estimate of drug-likeness (QED) is 0.151. The lowest BCUT2D eigenvalue weighted by molar-refractivity contribution is 0.114. The number of hydrogen-bond acceptors (Lipinski definition) is 6. The third-order valence-electron chi connectivity index (χ3n) is 16.1. The van der Waals surface area contributed by atoms with Crippen LogP contribution >= 0.6 is 0 Å². The van der Waals surface area contributed by atoms with Crippen molar-refractivity contribution < 1.29 is 19.0 Å². The van der Waals surface area contributed by atoms with Gasteiger partial charge in [-0.15, -0.1) is 0 Å². The Labute approximate surface area is 356 Å². The highest BCUT2D eigenvalue weighted by atomic mass is 16.4. The number of rotatable bonds is 9. The summed E-state index contributed by atoms with van der Waals surface area (Å²) in [6.07, 6.45) is 26.3. The molecule has 2 N–H and O–H groups in total. The van der Waals surface area contributed by atoms with Crippen LogP contribution in [0.25, 0.3) is 56.2 Å². The maximum Gasteiger partial charge on any atom is 0.284 e. The predicted molar refractivity (Wildman–Crippen MR) is 242 cm³/mol. The van der Waals surface area contributed by atoms with Crippen LogP contribution in [0.2, 0.25) is 0 Å². The van der Waals surface area contributed by atoms with Gasteiger partial charge >= 0.3 is 0 Å². The molecular formula is C54H64N2O4. The molecule has 0 bridgehead atoms. The van der Waals surface area contributed by atoms with Crippen LogP contribution in [0.4, 0.5) is 0 Å². The molecule has 6 heteroatoms. The number of phenolic OH excluding ortho intramolecular Hbond substituents is 2. The first-order valence-electron chi connectivity index (χ1n) is 23.6. The van der Waals surface area contributed by atoms with E-state index >= 15 is 0 Å². The van der Waals surface area contributed by atoms with Crippen molar-refractivity contribution in [3.63, 3.8) is 0 Å². The van der Waals surface area contributed by atoms with Crippen LogP contribution in [0.1, 0.15) is 141 Å². The van der Waals surface area contributed by atoms with E-state index < -0.39 is 0 Å². The maximum absolute atomic E-state index is 11.1. The molecule has 0 spiro atoms. The summed E-state index contributed by atoms with van der Waals surface area (Å²) >= 11 is 0. The average molecular weight is 805 g/mol. The average Bonchev–Trinajstić information content (AvgIpc) is 3.90. The second kappa shape index (κ2) is 16.4. The highest BCUT2D eigenvalue weighted by Gasteiger charge is 2.37. The number of hydrogen-bond donors (Lipinski definition) is 2. The summed E-state index contributed by atoms with van der Waals surface area (Å²) in [5.74, 6) is 4.66. The van der Waals surface area contributed by atoms with E-state index in [0.29, 0.717) is 34.0 Å². The van der Waals surface area contributed by atoms with E-state index in [1.54, 1.807) is 12.1 Å². The molecule has 0 atom stereocenters. The van der Waals surface area contributed by atoms with Gasteiger partial charge in [0.1, 0.15) is 22.5 Å². The molecule has 0 aliphatic heterocycles. The van der Waals surface area contributed by atoms with E-state index in [-0.39, 0.29) is 22.3 Å². The molecule has 2 aromatic heterocycles. The van der Waals surface area contributed by atoms with Gasteiger partial charge in [0.15, 0.2) is 11.2 Å². The molecule has 0 unspecified atom stereocenters. The summed E-state index contributed by atoms with van der Waals surface area (Å²) < 4.78 is 13.3. The highest BCUT2D eigenvalue weighted by molar-refractivity contribution is 5.96. The number of nitrogens with zero attached hydrogens (tertiary/aromatic N) is 2. The van der Waals surface area contributed by atoms with Gasteiger partial charge in [0.25, 0.3) is 11.8 Å². The van der Waals surface area contributed by atoms with Gasteiger partial charge in [0.05, 0.1) is 0 Å². The molecule has 2 heterocycles. The van der Waals surface area contributed by atoms with Gasteiger partial charge in [-0.05, 0) is 146 Å². The van der Waals surface area contributed by atoms with Crippen LogP contribution in [0.3, 0.4) is 0 Å². The molecule has 10 rings (SSSR count). The molecule has 4 fully saturated rings. The van der Waals surface area contributed by atoms with Crippen molar-refractivity contribution in [2.45, 2.75) is 142 Å². The predicted octanol–water partition coefficient (Wildman–Crippen LogP) is 15.0. The Morgan fingerprint density at radius 2 is 0.850 bits per heavy atom. The van der Waals surface area contributed by atoms with Crippen molar-refractivity contribution in [3.05, 3.63) is 83.9 Å². The molecule has 4 saturated carbocycles. The van der Waals surface area contributed by atoms with Crippen molar-refractivity contribution in [2.24, 2.45) is 34.5 Å². The van der Waals surface area contributed by atoms with E-state index in [0.717, 1.165) is 58.8 Å². The van der Waals surface area contributed by atoms with Gasteiger partial charge in [-0.1, -0.05) is 114 Å². The van der Waals surface area contributed by atoms with E-state index in [4.69, 9.17) is 18.8 Å². The van der Waals surface area contributed by atoms with Crippen molar-refractivity contribution in [1.29, 1.82) is 0 Å². The Bertz CT molecular complexity index is 2280. The van der Waals surface area contributed by atoms with Crippen LogP contribution < -0.4 is 0 Å². The van der Waals surface area contributed by atoms with E-state index in [1.807, 2.05) is 36.4 Å².